The molecule has 27 heavy (non-hydrogen) atoms. The van der Waals surface area contributed by atoms with Crippen molar-refractivity contribution in [1.82, 2.24) is 0 Å². The second-order valence-corrected chi connectivity index (χ2v) is 6.21. The zero-order valence-electron chi connectivity index (χ0n) is 15.3. The molecule has 0 fully saturated rings. The van der Waals surface area contributed by atoms with E-state index < -0.39 is 5.97 Å². The Morgan fingerprint density at radius 3 is 2.67 bits per heavy atom. The third kappa shape index (κ3) is 5.10. The van der Waals surface area contributed by atoms with Crippen LogP contribution in [0, 0.1) is 13.8 Å². The quantitative estimate of drug-likeness (QED) is 0.649. The Labute approximate surface area is 157 Å². The summed E-state index contributed by atoms with van der Waals surface area (Å²) in [6.07, 6.45) is 2.87. The molecule has 0 atom stereocenters. The smallest absolute Gasteiger partial charge is 0.331 e. The number of hydrogen-bond acceptors (Lipinski definition) is 5. The fourth-order valence-corrected chi connectivity index (χ4v) is 2.57. The Hall–Kier alpha value is -3.28. The first-order valence-corrected chi connectivity index (χ1v) is 8.63. The highest BCUT2D eigenvalue weighted by Gasteiger charge is 2.11. The van der Waals surface area contributed by atoms with Gasteiger partial charge in [-0.2, -0.15) is 0 Å². The number of esters is 1. The molecule has 0 saturated heterocycles. The molecule has 6 nitrogen and oxygen atoms in total. The van der Waals surface area contributed by atoms with Crippen molar-refractivity contribution in [3.63, 3.8) is 0 Å². The van der Waals surface area contributed by atoms with Crippen LogP contribution in [0.1, 0.15) is 16.7 Å². The summed E-state index contributed by atoms with van der Waals surface area (Å²) in [6.45, 7) is 4.52. The monoisotopic (exact) mass is 367 g/mol. The summed E-state index contributed by atoms with van der Waals surface area (Å²) in [5.74, 6) is 0.347. The van der Waals surface area contributed by atoms with Gasteiger partial charge in [0.05, 0.1) is 0 Å². The van der Waals surface area contributed by atoms with Crippen LogP contribution < -0.4 is 14.8 Å². The van der Waals surface area contributed by atoms with Gasteiger partial charge < -0.3 is 19.5 Å². The van der Waals surface area contributed by atoms with Crippen LogP contribution in [0.15, 0.2) is 42.5 Å². The number of benzene rings is 2. The van der Waals surface area contributed by atoms with Gasteiger partial charge in [0.2, 0.25) is 0 Å². The Balaban J connectivity index is 1.51. The third-order valence-electron chi connectivity index (χ3n) is 3.99. The normalized spacial score (nSPS) is 12.7. The molecule has 0 unspecified atom stereocenters. The van der Waals surface area contributed by atoms with Crippen molar-refractivity contribution in [3.8, 4) is 11.5 Å². The molecule has 0 aromatic heterocycles. The molecular formula is C21H21NO5. The predicted molar refractivity (Wildman–Crippen MR) is 102 cm³/mol. The molecule has 0 saturated carbocycles. The maximum absolute atomic E-state index is 12.0. The number of nitrogens with one attached hydrogen (secondary N) is 1. The average molecular weight is 367 g/mol. The summed E-state index contributed by atoms with van der Waals surface area (Å²) in [6, 6.07) is 11.1. The molecule has 1 amide bonds. The van der Waals surface area contributed by atoms with E-state index in [-0.39, 0.29) is 12.5 Å². The van der Waals surface area contributed by atoms with Crippen molar-refractivity contribution in [2.45, 2.75) is 13.8 Å². The van der Waals surface area contributed by atoms with Crippen molar-refractivity contribution < 1.29 is 23.8 Å². The lowest BCUT2D eigenvalue weighted by molar-refractivity contribution is -0.142. The van der Waals surface area contributed by atoms with Gasteiger partial charge in [-0.25, -0.2) is 4.79 Å². The van der Waals surface area contributed by atoms with Crippen molar-refractivity contribution in [3.05, 3.63) is 59.2 Å². The summed E-state index contributed by atoms with van der Waals surface area (Å²) in [5, 5.41) is 2.74. The highest BCUT2D eigenvalue weighted by molar-refractivity contribution is 5.95. The zero-order valence-corrected chi connectivity index (χ0v) is 15.3. The maximum Gasteiger partial charge on any atom is 0.331 e. The van der Waals surface area contributed by atoms with Gasteiger partial charge in [-0.15, -0.1) is 0 Å². The number of anilines is 1. The van der Waals surface area contributed by atoms with Gasteiger partial charge in [0.15, 0.2) is 18.1 Å². The minimum Gasteiger partial charge on any atom is -0.486 e. The predicted octanol–water partition coefficient (Wildman–Crippen LogP) is 3.27. The number of aryl methyl sites for hydroxylation is 2. The molecular weight excluding hydrogens is 346 g/mol. The number of rotatable bonds is 5. The number of carbonyl (C=O) groups is 2. The summed E-state index contributed by atoms with van der Waals surface area (Å²) in [4.78, 5) is 23.8. The highest BCUT2D eigenvalue weighted by Crippen LogP contribution is 2.31. The van der Waals surface area contributed by atoms with E-state index in [2.05, 4.69) is 5.32 Å². The number of fused-ring (bicyclic) bond motifs is 1. The van der Waals surface area contributed by atoms with E-state index in [4.69, 9.17) is 14.2 Å². The minimum absolute atomic E-state index is 0.350. The summed E-state index contributed by atoms with van der Waals surface area (Å²) < 4.78 is 15.9. The van der Waals surface area contributed by atoms with Crippen LogP contribution in [-0.2, 0) is 14.3 Å². The van der Waals surface area contributed by atoms with Gasteiger partial charge in [0.1, 0.15) is 13.2 Å². The Bertz CT molecular complexity index is 888. The standard InChI is InChI=1S/C21H21NO5/c1-14-3-4-15(2)17(11-14)22-20(23)13-27-21(24)8-6-16-5-7-18-19(12-16)26-10-9-25-18/h3-8,11-12H,9-10,13H2,1-2H3,(H,22,23)/b8-6+. The van der Waals surface area contributed by atoms with Crippen LogP contribution >= 0.6 is 0 Å². The van der Waals surface area contributed by atoms with E-state index in [9.17, 15) is 9.59 Å². The summed E-state index contributed by atoms with van der Waals surface area (Å²) in [5.41, 5.74) is 3.47. The molecule has 2 aromatic rings. The number of carbonyl (C=O) groups excluding carboxylic acids is 2. The van der Waals surface area contributed by atoms with Crippen LogP contribution in [0.3, 0.4) is 0 Å². The van der Waals surface area contributed by atoms with Gasteiger partial charge >= 0.3 is 5.97 Å². The number of hydrogen-bond donors (Lipinski definition) is 1. The summed E-state index contributed by atoms with van der Waals surface area (Å²) >= 11 is 0. The van der Waals surface area contributed by atoms with E-state index in [1.54, 1.807) is 18.2 Å². The fraction of sp³-hybridized carbons (Fsp3) is 0.238. The minimum atomic E-state index is -0.596. The third-order valence-corrected chi connectivity index (χ3v) is 3.99. The van der Waals surface area contributed by atoms with Crippen molar-refractivity contribution in [2.75, 3.05) is 25.1 Å². The maximum atomic E-state index is 12.0. The lowest BCUT2D eigenvalue weighted by atomic mass is 10.1. The van der Waals surface area contributed by atoms with Crippen molar-refractivity contribution >= 4 is 23.6 Å². The second-order valence-electron chi connectivity index (χ2n) is 6.21. The van der Waals surface area contributed by atoms with E-state index in [0.29, 0.717) is 30.4 Å². The van der Waals surface area contributed by atoms with Crippen molar-refractivity contribution in [1.29, 1.82) is 0 Å². The average Bonchev–Trinajstić information content (AvgIpc) is 2.67. The summed E-state index contributed by atoms with van der Waals surface area (Å²) in [7, 11) is 0. The van der Waals surface area contributed by atoms with Gasteiger partial charge in [-0.3, -0.25) is 4.79 Å². The van der Waals surface area contributed by atoms with E-state index >= 15 is 0 Å². The Morgan fingerprint density at radius 2 is 1.85 bits per heavy atom. The van der Waals surface area contributed by atoms with E-state index in [1.165, 1.54) is 6.08 Å². The number of ether oxygens (including phenoxy) is 3. The molecule has 0 bridgehead atoms. The van der Waals surface area contributed by atoms with Gasteiger partial charge in [0.25, 0.3) is 5.91 Å². The fourth-order valence-electron chi connectivity index (χ4n) is 2.57. The number of amides is 1. The van der Waals surface area contributed by atoms with Crippen LogP contribution in [0.25, 0.3) is 6.08 Å². The molecule has 0 spiro atoms. The van der Waals surface area contributed by atoms with E-state index in [1.807, 2.05) is 38.1 Å². The lowest BCUT2D eigenvalue weighted by Gasteiger charge is -2.18. The van der Waals surface area contributed by atoms with Gasteiger partial charge in [-0.05, 0) is 54.8 Å². The second kappa shape index (κ2) is 8.40. The molecule has 3 rings (SSSR count). The first-order valence-electron chi connectivity index (χ1n) is 8.63. The molecule has 2 aromatic carbocycles. The zero-order chi connectivity index (χ0) is 19.2. The molecule has 1 aliphatic rings. The van der Waals surface area contributed by atoms with Crippen LogP contribution in [0.2, 0.25) is 0 Å². The molecule has 0 aliphatic carbocycles. The first-order chi connectivity index (χ1) is 13.0. The molecule has 1 aliphatic heterocycles. The highest BCUT2D eigenvalue weighted by atomic mass is 16.6. The molecule has 1 heterocycles. The largest absolute Gasteiger partial charge is 0.486 e. The SMILES string of the molecule is Cc1ccc(C)c(NC(=O)COC(=O)/C=C/c2ccc3c(c2)OCCO3)c1. The van der Waals surface area contributed by atoms with Crippen molar-refractivity contribution in [2.24, 2.45) is 0 Å². The first kappa shape index (κ1) is 18.5. The topological polar surface area (TPSA) is 73.9 Å². The Kier molecular flexibility index (Phi) is 5.76. The molecule has 140 valence electrons. The van der Waals surface area contributed by atoms with Gasteiger partial charge in [0, 0.05) is 11.8 Å². The van der Waals surface area contributed by atoms with Crippen LogP contribution in [0.5, 0.6) is 11.5 Å². The van der Waals surface area contributed by atoms with Crippen LogP contribution in [0.4, 0.5) is 5.69 Å². The van der Waals surface area contributed by atoms with Crippen LogP contribution in [-0.4, -0.2) is 31.7 Å². The van der Waals surface area contributed by atoms with E-state index in [0.717, 1.165) is 16.7 Å². The Morgan fingerprint density at radius 1 is 1.07 bits per heavy atom. The van der Waals surface area contributed by atoms with Gasteiger partial charge in [-0.1, -0.05) is 18.2 Å². The molecule has 0 radical (unpaired) electrons. The molecule has 1 N–H and O–H groups in total. The lowest BCUT2D eigenvalue weighted by Crippen LogP contribution is -2.20. The molecule has 6 heteroatoms.